The number of carbonyl (C=O) groups excluding carboxylic acids is 1. The number of rotatable bonds is 6. The number of anilines is 1. The molecule has 132 valence electrons. The Labute approximate surface area is 148 Å². The van der Waals surface area contributed by atoms with Gasteiger partial charge in [0, 0.05) is 37.9 Å². The molecule has 1 N–H and O–H groups in total. The molecule has 6 nitrogen and oxygen atoms in total. The molecule has 6 heteroatoms. The van der Waals surface area contributed by atoms with E-state index in [1.165, 1.54) is 0 Å². The van der Waals surface area contributed by atoms with E-state index >= 15 is 0 Å². The van der Waals surface area contributed by atoms with Crippen LogP contribution in [0.15, 0.2) is 42.7 Å². The number of carbonyl (C=O) groups is 1. The number of ether oxygens (including phenoxy) is 1. The maximum absolute atomic E-state index is 12.4. The van der Waals surface area contributed by atoms with Gasteiger partial charge in [0.05, 0.1) is 7.11 Å². The highest BCUT2D eigenvalue weighted by Crippen LogP contribution is 2.21. The summed E-state index contributed by atoms with van der Waals surface area (Å²) in [6, 6.07) is 9.72. The number of aromatic nitrogens is 2. The molecule has 0 spiro atoms. The van der Waals surface area contributed by atoms with Gasteiger partial charge in [-0.1, -0.05) is 18.2 Å². The minimum atomic E-state index is 0.0673. The van der Waals surface area contributed by atoms with Crippen LogP contribution in [0.3, 0.4) is 0 Å². The van der Waals surface area contributed by atoms with Gasteiger partial charge < -0.3 is 15.0 Å². The Kier molecular flexibility index (Phi) is 5.82. The van der Waals surface area contributed by atoms with Crippen LogP contribution in [0.25, 0.3) is 0 Å². The third-order valence-electron chi connectivity index (χ3n) is 4.59. The van der Waals surface area contributed by atoms with E-state index in [-0.39, 0.29) is 11.8 Å². The first-order valence-electron chi connectivity index (χ1n) is 8.69. The van der Waals surface area contributed by atoms with Gasteiger partial charge in [0.1, 0.15) is 5.75 Å². The summed E-state index contributed by atoms with van der Waals surface area (Å²) in [6.45, 7) is 2.25. The quantitative estimate of drug-likeness (QED) is 0.872. The third kappa shape index (κ3) is 4.47. The summed E-state index contributed by atoms with van der Waals surface area (Å²) in [7, 11) is 1.67. The average molecular weight is 340 g/mol. The van der Waals surface area contributed by atoms with Crippen LogP contribution in [0.1, 0.15) is 18.4 Å². The van der Waals surface area contributed by atoms with E-state index in [0.717, 1.165) is 49.6 Å². The van der Waals surface area contributed by atoms with Crippen molar-refractivity contribution >= 4 is 11.9 Å². The Hall–Kier alpha value is -2.63. The number of hydrogen-bond acceptors (Lipinski definition) is 5. The molecule has 2 aromatic rings. The molecule has 0 aliphatic carbocycles. The second-order valence-corrected chi connectivity index (χ2v) is 6.16. The fraction of sp³-hybridized carbons (Fsp3) is 0.421. The van der Waals surface area contributed by atoms with Crippen molar-refractivity contribution in [1.29, 1.82) is 0 Å². The maximum Gasteiger partial charge on any atom is 0.225 e. The topological polar surface area (TPSA) is 67.3 Å². The maximum atomic E-state index is 12.4. The predicted molar refractivity (Wildman–Crippen MR) is 96.7 cm³/mol. The van der Waals surface area contributed by atoms with E-state index in [2.05, 4.69) is 20.2 Å². The molecule has 1 saturated heterocycles. The smallest absolute Gasteiger partial charge is 0.225 e. The Morgan fingerprint density at radius 1 is 1.20 bits per heavy atom. The lowest BCUT2D eigenvalue weighted by Gasteiger charge is -2.31. The van der Waals surface area contributed by atoms with Gasteiger partial charge in [-0.2, -0.15) is 0 Å². The summed E-state index contributed by atoms with van der Waals surface area (Å²) < 4.78 is 5.34. The minimum absolute atomic E-state index is 0.0673. The Balaban J connectivity index is 1.44. The van der Waals surface area contributed by atoms with Gasteiger partial charge in [-0.05, 0) is 37.0 Å². The SMILES string of the molecule is COc1ccccc1CCNC(=O)C1CCN(c2ncccn2)CC1. The molecule has 1 aromatic heterocycles. The van der Waals surface area contributed by atoms with Crippen LogP contribution in [0, 0.1) is 5.92 Å². The average Bonchev–Trinajstić information content (AvgIpc) is 2.69. The molecule has 0 atom stereocenters. The second-order valence-electron chi connectivity index (χ2n) is 6.16. The van der Waals surface area contributed by atoms with E-state index in [4.69, 9.17) is 4.74 Å². The number of hydrogen-bond donors (Lipinski definition) is 1. The van der Waals surface area contributed by atoms with Crippen molar-refractivity contribution in [2.45, 2.75) is 19.3 Å². The molecular formula is C19H24N4O2. The molecular weight excluding hydrogens is 316 g/mol. The van der Waals surface area contributed by atoms with Gasteiger partial charge in [-0.25, -0.2) is 9.97 Å². The van der Waals surface area contributed by atoms with Gasteiger partial charge in [0.25, 0.3) is 0 Å². The van der Waals surface area contributed by atoms with Crippen molar-refractivity contribution in [2.75, 3.05) is 31.6 Å². The largest absolute Gasteiger partial charge is 0.496 e. The first kappa shape index (κ1) is 17.2. The van der Waals surface area contributed by atoms with Crippen LogP contribution in [-0.2, 0) is 11.2 Å². The molecule has 25 heavy (non-hydrogen) atoms. The van der Waals surface area contributed by atoms with Crippen molar-refractivity contribution in [3.05, 3.63) is 48.3 Å². The highest BCUT2D eigenvalue weighted by Gasteiger charge is 2.25. The predicted octanol–water partition coefficient (Wildman–Crippen LogP) is 2.06. The lowest BCUT2D eigenvalue weighted by atomic mass is 9.96. The number of benzene rings is 1. The monoisotopic (exact) mass is 340 g/mol. The van der Waals surface area contributed by atoms with E-state index in [0.29, 0.717) is 6.54 Å². The second kappa shape index (κ2) is 8.46. The lowest BCUT2D eigenvalue weighted by molar-refractivity contribution is -0.125. The van der Waals surface area contributed by atoms with Crippen LogP contribution >= 0.6 is 0 Å². The van der Waals surface area contributed by atoms with Crippen LogP contribution in [0.2, 0.25) is 0 Å². The van der Waals surface area contributed by atoms with E-state index in [1.54, 1.807) is 19.5 Å². The molecule has 1 fully saturated rings. The molecule has 0 saturated carbocycles. The highest BCUT2D eigenvalue weighted by molar-refractivity contribution is 5.78. The number of nitrogens with one attached hydrogen (secondary N) is 1. The lowest BCUT2D eigenvalue weighted by Crippen LogP contribution is -2.41. The number of para-hydroxylation sites is 1. The van der Waals surface area contributed by atoms with Gasteiger partial charge in [-0.15, -0.1) is 0 Å². The summed E-state index contributed by atoms with van der Waals surface area (Å²) in [4.78, 5) is 23.1. The fourth-order valence-electron chi connectivity index (χ4n) is 3.17. The number of amides is 1. The van der Waals surface area contributed by atoms with E-state index in [1.807, 2.05) is 30.3 Å². The first-order chi connectivity index (χ1) is 12.3. The van der Waals surface area contributed by atoms with E-state index < -0.39 is 0 Å². The molecule has 0 unspecified atom stereocenters. The summed E-state index contributed by atoms with van der Waals surface area (Å²) in [5.74, 6) is 1.83. The molecule has 0 radical (unpaired) electrons. The van der Waals surface area contributed by atoms with Crippen molar-refractivity contribution in [2.24, 2.45) is 5.92 Å². The minimum Gasteiger partial charge on any atom is -0.496 e. The zero-order chi connectivity index (χ0) is 17.5. The Morgan fingerprint density at radius 2 is 1.92 bits per heavy atom. The van der Waals surface area contributed by atoms with Crippen molar-refractivity contribution in [3.63, 3.8) is 0 Å². The Bertz CT molecular complexity index is 685. The van der Waals surface area contributed by atoms with Crippen LogP contribution in [0.4, 0.5) is 5.95 Å². The Morgan fingerprint density at radius 3 is 2.64 bits per heavy atom. The molecule has 1 aliphatic rings. The third-order valence-corrected chi connectivity index (χ3v) is 4.59. The molecule has 1 amide bonds. The van der Waals surface area contributed by atoms with Crippen molar-refractivity contribution in [1.82, 2.24) is 15.3 Å². The van der Waals surface area contributed by atoms with Gasteiger partial charge in [0.15, 0.2) is 0 Å². The zero-order valence-electron chi connectivity index (χ0n) is 14.5. The van der Waals surface area contributed by atoms with Gasteiger partial charge in [0.2, 0.25) is 11.9 Å². The summed E-state index contributed by atoms with van der Waals surface area (Å²) in [6.07, 6.45) is 5.93. The fourth-order valence-corrected chi connectivity index (χ4v) is 3.17. The first-order valence-corrected chi connectivity index (χ1v) is 8.69. The molecule has 1 aromatic carbocycles. The normalized spacial score (nSPS) is 15.0. The van der Waals surface area contributed by atoms with E-state index in [9.17, 15) is 4.79 Å². The van der Waals surface area contributed by atoms with Gasteiger partial charge >= 0.3 is 0 Å². The molecule has 1 aliphatic heterocycles. The molecule has 0 bridgehead atoms. The standard InChI is InChI=1S/C19H24N4O2/c1-25-17-6-3-2-5-15(17)7-12-20-18(24)16-8-13-23(14-9-16)19-21-10-4-11-22-19/h2-6,10-11,16H,7-9,12-14H2,1H3,(H,20,24). The number of piperidine rings is 1. The molecule has 3 rings (SSSR count). The number of methoxy groups -OCH3 is 1. The summed E-state index contributed by atoms with van der Waals surface area (Å²) >= 11 is 0. The highest BCUT2D eigenvalue weighted by atomic mass is 16.5. The van der Waals surface area contributed by atoms with Crippen molar-refractivity contribution in [3.8, 4) is 5.75 Å². The number of nitrogens with zero attached hydrogens (tertiary/aromatic N) is 3. The summed E-state index contributed by atoms with van der Waals surface area (Å²) in [5, 5.41) is 3.06. The summed E-state index contributed by atoms with van der Waals surface area (Å²) in [5.41, 5.74) is 1.11. The molecule has 2 heterocycles. The van der Waals surface area contributed by atoms with Crippen LogP contribution < -0.4 is 15.0 Å². The van der Waals surface area contributed by atoms with Crippen LogP contribution in [-0.4, -0.2) is 42.6 Å². The van der Waals surface area contributed by atoms with Crippen LogP contribution in [0.5, 0.6) is 5.75 Å². The zero-order valence-corrected chi connectivity index (χ0v) is 14.5. The van der Waals surface area contributed by atoms with Crippen molar-refractivity contribution < 1.29 is 9.53 Å². The van der Waals surface area contributed by atoms with Gasteiger partial charge in [-0.3, -0.25) is 4.79 Å².